The van der Waals surface area contributed by atoms with Gasteiger partial charge in [0.2, 0.25) is 21.7 Å². The summed E-state index contributed by atoms with van der Waals surface area (Å²) in [6.07, 6.45) is 0.361. The van der Waals surface area contributed by atoms with Crippen LogP contribution in [-0.2, 0) is 21.4 Å². The van der Waals surface area contributed by atoms with Crippen LogP contribution < -0.4 is 9.04 Å². The molecule has 0 aliphatic heterocycles. The van der Waals surface area contributed by atoms with Gasteiger partial charge in [-0.2, -0.15) is 4.98 Å². The lowest BCUT2D eigenvalue weighted by Crippen LogP contribution is -2.37. The van der Waals surface area contributed by atoms with Gasteiger partial charge in [-0.15, -0.1) is 0 Å². The van der Waals surface area contributed by atoms with Gasteiger partial charge in [-0.05, 0) is 31.2 Å². The SMILES string of the molecule is CC(Oc1ccc(N(C)S(C)(=O)=O)cc1)C(=O)N(C)Cc1nc(-c2ccccc2)no1. The van der Waals surface area contributed by atoms with E-state index in [0.29, 0.717) is 23.2 Å². The maximum atomic E-state index is 12.7. The Morgan fingerprint density at radius 3 is 2.35 bits per heavy atom. The van der Waals surface area contributed by atoms with Crippen molar-refractivity contribution >= 4 is 21.6 Å². The van der Waals surface area contributed by atoms with E-state index < -0.39 is 16.1 Å². The van der Waals surface area contributed by atoms with Crippen molar-refractivity contribution in [3.8, 4) is 17.1 Å². The van der Waals surface area contributed by atoms with Crippen LogP contribution in [0.2, 0.25) is 0 Å². The lowest BCUT2D eigenvalue weighted by atomic mass is 10.2. The number of benzene rings is 2. The molecule has 164 valence electrons. The minimum Gasteiger partial charge on any atom is -0.481 e. The largest absolute Gasteiger partial charge is 0.481 e. The zero-order valence-electron chi connectivity index (χ0n) is 17.7. The summed E-state index contributed by atoms with van der Waals surface area (Å²) in [5.74, 6) is 0.954. The van der Waals surface area contributed by atoms with Crippen molar-refractivity contribution in [3.05, 3.63) is 60.5 Å². The minimum absolute atomic E-state index is 0.143. The average Bonchev–Trinajstić information content (AvgIpc) is 3.21. The predicted molar refractivity (Wildman–Crippen MR) is 116 cm³/mol. The fraction of sp³-hybridized carbons (Fsp3) is 0.286. The Morgan fingerprint density at radius 2 is 1.74 bits per heavy atom. The number of hydrogen-bond donors (Lipinski definition) is 0. The van der Waals surface area contributed by atoms with Crippen LogP contribution in [0.15, 0.2) is 59.1 Å². The van der Waals surface area contributed by atoms with Crippen LogP contribution in [0.5, 0.6) is 5.75 Å². The monoisotopic (exact) mass is 444 g/mol. The van der Waals surface area contributed by atoms with E-state index in [-0.39, 0.29) is 12.5 Å². The van der Waals surface area contributed by atoms with E-state index >= 15 is 0 Å². The van der Waals surface area contributed by atoms with Crippen molar-refractivity contribution < 1.29 is 22.5 Å². The van der Waals surface area contributed by atoms with E-state index in [0.717, 1.165) is 16.1 Å². The molecule has 0 aliphatic rings. The van der Waals surface area contributed by atoms with Crippen LogP contribution in [0.4, 0.5) is 5.69 Å². The smallest absolute Gasteiger partial charge is 0.263 e. The summed E-state index contributed by atoms with van der Waals surface area (Å²) in [4.78, 5) is 18.4. The summed E-state index contributed by atoms with van der Waals surface area (Å²) in [5.41, 5.74) is 1.32. The molecule has 1 atom stereocenters. The fourth-order valence-electron chi connectivity index (χ4n) is 2.80. The predicted octanol–water partition coefficient (Wildman–Crippen LogP) is 2.56. The second-order valence-electron chi connectivity index (χ2n) is 7.06. The number of carbonyl (C=O) groups is 1. The molecule has 1 amide bonds. The summed E-state index contributed by atoms with van der Waals surface area (Å²) in [7, 11) is -0.261. The molecule has 0 N–H and O–H groups in total. The molecule has 3 rings (SSSR count). The Balaban J connectivity index is 1.59. The third-order valence-electron chi connectivity index (χ3n) is 4.61. The second-order valence-corrected chi connectivity index (χ2v) is 9.07. The summed E-state index contributed by atoms with van der Waals surface area (Å²) in [6, 6.07) is 15.9. The number of anilines is 1. The van der Waals surface area contributed by atoms with Crippen LogP contribution in [0.3, 0.4) is 0 Å². The highest BCUT2D eigenvalue weighted by atomic mass is 32.2. The first-order valence-corrected chi connectivity index (χ1v) is 11.3. The van der Waals surface area contributed by atoms with E-state index in [1.165, 1.54) is 11.9 Å². The van der Waals surface area contributed by atoms with Crippen LogP contribution >= 0.6 is 0 Å². The van der Waals surface area contributed by atoms with Gasteiger partial charge in [-0.1, -0.05) is 35.5 Å². The number of amides is 1. The molecule has 3 aromatic rings. The van der Waals surface area contributed by atoms with Crippen molar-refractivity contribution in [2.24, 2.45) is 0 Å². The molecule has 0 saturated heterocycles. The number of sulfonamides is 1. The first-order chi connectivity index (χ1) is 14.6. The third kappa shape index (κ3) is 5.60. The molecule has 0 saturated carbocycles. The number of likely N-dealkylation sites (N-methyl/N-ethyl adjacent to an activating group) is 1. The van der Waals surface area contributed by atoms with Crippen molar-refractivity contribution in [1.82, 2.24) is 15.0 Å². The zero-order valence-corrected chi connectivity index (χ0v) is 18.5. The van der Waals surface area contributed by atoms with E-state index in [9.17, 15) is 13.2 Å². The number of aromatic nitrogens is 2. The van der Waals surface area contributed by atoms with Crippen molar-refractivity contribution in [3.63, 3.8) is 0 Å². The molecular weight excluding hydrogens is 420 g/mol. The van der Waals surface area contributed by atoms with Gasteiger partial charge < -0.3 is 14.2 Å². The van der Waals surface area contributed by atoms with Crippen LogP contribution in [0.1, 0.15) is 12.8 Å². The molecule has 2 aromatic carbocycles. The maximum absolute atomic E-state index is 12.7. The van der Waals surface area contributed by atoms with Gasteiger partial charge in [-0.3, -0.25) is 9.10 Å². The average molecular weight is 445 g/mol. The molecule has 1 heterocycles. The minimum atomic E-state index is -3.35. The van der Waals surface area contributed by atoms with Gasteiger partial charge in [0.1, 0.15) is 5.75 Å². The van der Waals surface area contributed by atoms with Gasteiger partial charge >= 0.3 is 0 Å². The molecule has 0 radical (unpaired) electrons. The van der Waals surface area contributed by atoms with Crippen molar-refractivity contribution in [2.75, 3.05) is 24.7 Å². The van der Waals surface area contributed by atoms with E-state index in [1.54, 1.807) is 38.2 Å². The molecule has 31 heavy (non-hydrogen) atoms. The Labute approximate surface area is 181 Å². The molecular formula is C21H24N4O5S. The number of nitrogens with zero attached hydrogens (tertiary/aromatic N) is 4. The van der Waals surface area contributed by atoms with Gasteiger partial charge in [0, 0.05) is 19.7 Å². The lowest BCUT2D eigenvalue weighted by Gasteiger charge is -2.21. The highest BCUT2D eigenvalue weighted by Gasteiger charge is 2.22. The summed E-state index contributed by atoms with van der Waals surface area (Å²) < 4.78 is 35.4. The zero-order chi connectivity index (χ0) is 22.6. The number of ether oxygens (including phenoxy) is 1. The molecule has 1 aromatic heterocycles. The number of hydrogen-bond acceptors (Lipinski definition) is 7. The molecule has 0 aliphatic carbocycles. The van der Waals surface area contributed by atoms with Gasteiger partial charge in [-0.25, -0.2) is 8.42 Å². The Bertz CT molecular complexity index is 1130. The van der Waals surface area contributed by atoms with Crippen molar-refractivity contribution in [2.45, 2.75) is 19.6 Å². The highest BCUT2D eigenvalue weighted by Crippen LogP contribution is 2.21. The number of rotatable bonds is 8. The topological polar surface area (TPSA) is 106 Å². The standard InChI is InChI=1S/C21H24N4O5S/c1-15(29-18-12-10-17(11-13-18)25(3)31(4,27)28)21(26)24(2)14-19-22-20(23-30-19)16-8-6-5-7-9-16/h5-13,15H,14H2,1-4H3. The van der Waals surface area contributed by atoms with E-state index in [4.69, 9.17) is 9.26 Å². The molecule has 1 unspecified atom stereocenters. The normalized spacial score (nSPS) is 12.3. The summed E-state index contributed by atoms with van der Waals surface area (Å²) >= 11 is 0. The first kappa shape index (κ1) is 22.3. The number of carbonyl (C=O) groups excluding carboxylic acids is 1. The second kappa shape index (κ2) is 9.17. The molecule has 0 spiro atoms. The summed E-state index contributed by atoms with van der Waals surface area (Å²) in [5, 5.41) is 3.95. The van der Waals surface area contributed by atoms with Crippen LogP contribution in [0.25, 0.3) is 11.4 Å². The molecule has 10 heteroatoms. The maximum Gasteiger partial charge on any atom is 0.263 e. The van der Waals surface area contributed by atoms with E-state index in [2.05, 4.69) is 10.1 Å². The lowest BCUT2D eigenvalue weighted by molar-refractivity contribution is -0.137. The third-order valence-corrected chi connectivity index (χ3v) is 5.81. The quantitative estimate of drug-likeness (QED) is 0.526. The molecule has 0 fully saturated rings. The fourth-order valence-corrected chi connectivity index (χ4v) is 3.30. The first-order valence-electron chi connectivity index (χ1n) is 9.49. The van der Waals surface area contributed by atoms with Gasteiger partial charge in [0.15, 0.2) is 6.10 Å². The van der Waals surface area contributed by atoms with Gasteiger partial charge in [0.05, 0.1) is 18.5 Å². The van der Waals surface area contributed by atoms with Crippen molar-refractivity contribution in [1.29, 1.82) is 0 Å². The van der Waals surface area contributed by atoms with Crippen LogP contribution in [0, 0.1) is 0 Å². The highest BCUT2D eigenvalue weighted by molar-refractivity contribution is 7.92. The Morgan fingerprint density at radius 1 is 1.10 bits per heavy atom. The molecule has 0 bridgehead atoms. The Hall–Kier alpha value is -3.40. The molecule has 9 nitrogen and oxygen atoms in total. The van der Waals surface area contributed by atoms with Gasteiger partial charge in [0.25, 0.3) is 5.91 Å². The summed E-state index contributed by atoms with van der Waals surface area (Å²) in [6.45, 7) is 1.78. The van der Waals surface area contributed by atoms with Crippen LogP contribution in [-0.4, -0.2) is 55.8 Å². The van der Waals surface area contributed by atoms with E-state index in [1.807, 2.05) is 30.3 Å². The Kier molecular flexibility index (Phi) is 6.59.